The van der Waals surface area contributed by atoms with E-state index in [2.05, 4.69) is 0 Å². The average Bonchev–Trinajstić information content (AvgIpc) is 2.86. The van der Waals surface area contributed by atoms with E-state index in [1.54, 1.807) is 6.07 Å². The summed E-state index contributed by atoms with van der Waals surface area (Å²) in [4.78, 5) is 12.7. The normalized spacial score (nSPS) is 22.8. The predicted molar refractivity (Wildman–Crippen MR) is 91.6 cm³/mol. The molecular weight excluding hydrogens is 366 g/mol. The van der Waals surface area contributed by atoms with Gasteiger partial charge in [0.2, 0.25) is 17.4 Å². The van der Waals surface area contributed by atoms with Crippen molar-refractivity contribution >= 4 is 27.5 Å². The highest BCUT2D eigenvalue weighted by Gasteiger charge is 2.39. The topological polar surface area (TPSA) is 95.7 Å². The van der Waals surface area contributed by atoms with Crippen LogP contribution in [0.5, 0.6) is 0 Å². The van der Waals surface area contributed by atoms with Crippen LogP contribution in [-0.2, 0) is 29.5 Å². The van der Waals surface area contributed by atoms with E-state index in [0.717, 1.165) is 0 Å². The zero-order chi connectivity index (χ0) is 20.7. The lowest BCUT2D eigenvalue weighted by atomic mass is 10.1. The lowest BCUT2D eigenvalue weighted by Crippen LogP contribution is -2.16. The number of rotatable bonds is 5. The molecule has 0 aliphatic carbocycles. The van der Waals surface area contributed by atoms with Crippen molar-refractivity contribution in [2.45, 2.75) is 11.8 Å². The van der Waals surface area contributed by atoms with E-state index in [1.807, 2.05) is 0 Å². The summed E-state index contributed by atoms with van der Waals surface area (Å²) in [5, 5.41) is 0.355. The molecule has 2 N–H and O–H groups in total. The number of hydrogen-bond acceptors (Lipinski definition) is 6. The molecule has 3 rings (SSSR count). The maximum atomic E-state index is 12.7. The van der Waals surface area contributed by atoms with E-state index in [9.17, 15) is 13.2 Å². The van der Waals surface area contributed by atoms with Gasteiger partial charge < -0.3 is 14.7 Å². The summed E-state index contributed by atoms with van der Waals surface area (Å²) in [6.07, 6.45) is -2.38. The molecule has 1 aliphatic rings. The number of carbonyl (C=O) groups excluding carboxylic acids is 1. The first-order valence-corrected chi connectivity index (χ1v) is 8.77. The fourth-order valence-corrected chi connectivity index (χ4v) is 3.04. The van der Waals surface area contributed by atoms with Crippen LogP contribution in [0.1, 0.15) is 21.3 Å². The lowest BCUT2D eigenvalue weighted by molar-refractivity contribution is -0.123. The van der Waals surface area contributed by atoms with Crippen molar-refractivity contribution in [3.05, 3.63) is 82.4 Å². The molecule has 1 atom stereocenters. The Labute approximate surface area is 154 Å². The molecule has 0 bridgehead atoms. The monoisotopic (exact) mass is 382 g/mol. The van der Waals surface area contributed by atoms with Crippen LogP contribution in [0, 0.1) is 0 Å². The zero-order valence-corrected chi connectivity index (χ0v) is 14.2. The van der Waals surface area contributed by atoms with Crippen molar-refractivity contribution in [1.82, 2.24) is 0 Å². The smallest absolute Gasteiger partial charge is 0.313 e. The number of carbonyl (C=O) groups is 1. The van der Waals surface area contributed by atoms with Crippen LogP contribution in [0.15, 0.2) is 66.2 Å². The van der Waals surface area contributed by atoms with Gasteiger partial charge in [0.05, 0.1) is 4.11 Å². The highest BCUT2D eigenvalue weighted by Crippen LogP contribution is 2.33. The van der Waals surface area contributed by atoms with Gasteiger partial charge in [-0.05, 0) is 17.7 Å². The fraction of sp³-hybridized carbons (Fsp3) is 0.118. The first-order valence-electron chi connectivity index (χ1n) is 8.48. The number of hydrogen-bond donors (Lipinski definition) is 1. The van der Waals surface area contributed by atoms with Crippen LogP contribution in [-0.4, -0.2) is 14.2 Å². The van der Waals surface area contributed by atoms with Crippen molar-refractivity contribution in [3.63, 3.8) is 0 Å². The summed E-state index contributed by atoms with van der Waals surface area (Å²) in [6.45, 7) is 0. The van der Waals surface area contributed by atoms with Crippen molar-refractivity contribution < 1.29 is 26.2 Å². The molecule has 1 heterocycles. The van der Waals surface area contributed by atoms with Crippen LogP contribution < -0.4 is 5.73 Å². The number of benzene rings is 2. The largest absolute Gasteiger partial charge is 0.460 e. The number of halogens is 1. The van der Waals surface area contributed by atoms with E-state index < -0.39 is 39.3 Å². The van der Waals surface area contributed by atoms with Crippen molar-refractivity contribution in [2.75, 3.05) is 0 Å². The van der Waals surface area contributed by atoms with Gasteiger partial charge in [-0.3, -0.25) is 4.79 Å². The average molecular weight is 383 g/mol. The van der Waals surface area contributed by atoms with E-state index in [4.69, 9.17) is 30.4 Å². The minimum Gasteiger partial charge on any atom is -0.460 e. The van der Waals surface area contributed by atoms with Gasteiger partial charge in [-0.2, -0.15) is 8.42 Å². The zero-order valence-electron chi connectivity index (χ0n) is 15.6. The Morgan fingerprint density at radius 1 is 1.20 bits per heavy atom. The van der Waals surface area contributed by atoms with Crippen LogP contribution >= 0.6 is 11.6 Å². The summed E-state index contributed by atoms with van der Waals surface area (Å²) < 4.78 is 59.0. The quantitative estimate of drug-likeness (QED) is 0.798. The molecule has 2 aromatic carbocycles. The van der Waals surface area contributed by atoms with Gasteiger partial charge >= 0.3 is 10.1 Å². The fourth-order valence-electron chi connectivity index (χ4n) is 2.07. The molecule has 0 aromatic heterocycles. The SMILES string of the molecule is [2H]C1(c2ccc(Cl)cc2)OC(N)=C(OS(=O)(=O)C([2H])([2H])c2ccccc2)C1=O. The first-order chi connectivity index (χ1) is 13.0. The van der Waals surface area contributed by atoms with Crippen molar-refractivity contribution in [1.29, 1.82) is 0 Å². The van der Waals surface area contributed by atoms with Crippen LogP contribution in [0.4, 0.5) is 0 Å². The van der Waals surface area contributed by atoms with Gasteiger partial charge in [0.15, 0.2) is 6.08 Å². The molecule has 0 radical (unpaired) electrons. The third-order valence-corrected chi connectivity index (χ3v) is 4.29. The Balaban J connectivity index is 1.93. The van der Waals surface area contributed by atoms with E-state index in [0.29, 0.717) is 5.02 Å². The van der Waals surface area contributed by atoms with Gasteiger partial charge in [-0.1, -0.05) is 54.1 Å². The minimum absolute atomic E-state index is 0.0481. The molecule has 25 heavy (non-hydrogen) atoms. The molecule has 0 saturated carbocycles. The molecule has 8 heteroatoms. The number of Topliss-reactive ketones (excluding diaryl/α,β-unsaturated/α-hetero) is 1. The molecule has 0 spiro atoms. The van der Waals surface area contributed by atoms with E-state index >= 15 is 0 Å². The maximum absolute atomic E-state index is 12.7. The summed E-state index contributed by atoms with van der Waals surface area (Å²) >= 11 is 5.79. The van der Waals surface area contributed by atoms with E-state index in [1.165, 1.54) is 48.5 Å². The molecule has 0 saturated heterocycles. The second kappa shape index (κ2) is 6.78. The van der Waals surface area contributed by atoms with Gasteiger partial charge in [0, 0.05) is 10.6 Å². The molecule has 1 unspecified atom stereocenters. The third kappa shape index (κ3) is 3.94. The number of nitrogens with two attached hydrogens (primary N) is 1. The third-order valence-electron chi connectivity index (χ3n) is 3.16. The molecule has 130 valence electrons. The Morgan fingerprint density at radius 3 is 2.48 bits per heavy atom. The van der Waals surface area contributed by atoms with Crippen molar-refractivity contribution in [3.8, 4) is 0 Å². The number of ketones is 1. The molecule has 0 fully saturated rings. The summed E-state index contributed by atoms with van der Waals surface area (Å²) in [5.41, 5.74) is 2.45. The van der Waals surface area contributed by atoms with Crippen LogP contribution in [0.3, 0.4) is 0 Å². The van der Waals surface area contributed by atoms with Gasteiger partial charge in [-0.15, -0.1) is 0 Å². The highest BCUT2D eigenvalue weighted by molar-refractivity contribution is 7.86. The molecule has 0 amide bonds. The summed E-state index contributed by atoms with van der Waals surface area (Å²) in [7, 11) is -5.01. The van der Waals surface area contributed by atoms with Crippen molar-refractivity contribution in [2.24, 2.45) is 5.73 Å². The second-order valence-corrected chi connectivity index (χ2v) is 6.68. The Morgan fingerprint density at radius 2 is 1.84 bits per heavy atom. The van der Waals surface area contributed by atoms with Gasteiger partial charge in [0.25, 0.3) is 0 Å². The highest BCUT2D eigenvalue weighted by atomic mass is 35.5. The second-order valence-electron chi connectivity index (χ2n) is 4.97. The Hall–Kier alpha value is -2.51. The van der Waals surface area contributed by atoms with Crippen LogP contribution in [0.2, 0.25) is 5.02 Å². The Bertz CT molecular complexity index is 1060. The van der Waals surface area contributed by atoms with E-state index in [-0.39, 0.29) is 11.1 Å². The van der Waals surface area contributed by atoms with Gasteiger partial charge in [0.1, 0.15) is 5.70 Å². The van der Waals surface area contributed by atoms with Gasteiger partial charge in [-0.25, -0.2) is 0 Å². The maximum Gasteiger partial charge on any atom is 0.313 e. The Kier molecular flexibility index (Phi) is 3.73. The lowest BCUT2D eigenvalue weighted by Gasteiger charge is -2.10. The molecular formula is C17H14ClNO5S. The molecule has 2 aromatic rings. The first kappa shape index (κ1) is 13.7. The molecule has 6 nitrogen and oxygen atoms in total. The standard InChI is InChI=1S/C17H14ClNO5S/c18-13-8-6-12(7-9-13)15-14(20)16(17(19)23-15)24-25(21,22)10-11-4-2-1-3-5-11/h1-9,15H,10,19H2/i10D2,15D. The molecule has 1 aliphatic heterocycles. The summed E-state index contributed by atoms with van der Waals surface area (Å²) in [5.74, 6) is -2.87. The minimum atomic E-state index is -5.01. The number of ether oxygens (including phenoxy) is 1. The van der Waals surface area contributed by atoms with Crippen LogP contribution in [0.25, 0.3) is 0 Å². The predicted octanol–water partition coefficient (Wildman–Crippen LogP) is 2.65. The summed E-state index contributed by atoms with van der Waals surface area (Å²) in [6, 6.07) is 12.5.